The fourth-order valence-corrected chi connectivity index (χ4v) is 7.20. The van der Waals surface area contributed by atoms with E-state index in [2.05, 4.69) is 25.7 Å². The van der Waals surface area contributed by atoms with Crippen LogP contribution in [0.4, 0.5) is 0 Å². The van der Waals surface area contributed by atoms with Crippen molar-refractivity contribution < 1.29 is 9.59 Å². The molecular formula is C20H31NO2. The summed E-state index contributed by atoms with van der Waals surface area (Å²) >= 11 is 0. The topological polar surface area (TPSA) is 37.4 Å². The van der Waals surface area contributed by atoms with Gasteiger partial charge in [-0.25, -0.2) is 0 Å². The molecule has 2 aliphatic carbocycles. The number of carbonyl (C=O) groups excluding carboxylic acids is 2. The van der Waals surface area contributed by atoms with Crippen molar-refractivity contribution in [2.24, 2.45) is 29.1 Å². The number of Topliss-reactive ketones (excluding diaryl/α,β-unsaturated/α-hetero) is 1. The van der Waals surface area contributed by atoms with Crippen molar-refractivity contribution in [2.75, 3.05) is 6.54 Å². The third-order valence-corrected chi connectivity index (χ3v) is 8.56. The van der Waals surface area contributed by atoms with Gasteiger partial charge in [0.05, 0.1) is 6.04 Å². The number of hydrogen-bond acceptors (Lipinski definition) is 3. The molecule has 0 spiro atoms. The standard InChI is InChI=1S/C20H31NO2/c1-13-18(23)11-14(12-22)20(3)17-6-9-19(2)8-4-5-16(19)15(17)7-10-21(13)20/h12-17H,4-11H2,1-3H3/t13?,14?,15-,16-,17+,19-,20+/m0/s1. The molecule has 23 heavy (non-hydrogen) atoms. The predicted molar refractivity (Wildman–Crippen MR) is 90.0 cm³/mol. The Bertz CT molecular complexity index is 532. The van der Waals surface area contributed by atoms with Crippen LogP contribution in [0, 0.1) is 29.1 Å². The van der Waals surface area contributed by atoms with Crippen LogP contribution in [0.1, 0.15) is 65.7 Å². The monoisotopic (exact) mass is 317 g/mol. The lowest BCUT2D eigenvalue weighted by Gasteiger charge is -2.63. The van der Waals surface area contributed by atoms with Crippen LogP contribution in [0.5, 0.6) is 0 Å². The Hall–Kier alpha value is -0.700. The van der Waals surface area contributed by atoms with Gasteiger partial charge in [-0.3, -0.25) is 9.69 Å². The molecule has 3 nitrogen and oxygen atoms in total. The van der Waals surface area contributed by atoms with E-state index >= 15 is 0 Å². The van der Waals surface area contributed by atoms with E-state index in [0.29, 0.717) is 17.8 Å². The van der Waals surface area contributed by atoms with Crippen molar-refractivity contribution in [3.63, 3.8) is 0 Å². The number of nitrogens with zero attached hydrogens (tertiary/aromatic N) is 1. The zero-order chi connectivity index (χ0) is 16.4. The summed E-state index contributed by atoms with van der Waals surface area (Å²) in [4.78, 5) is 26.6. The summed E-state index contributed by atoms with van der Waals surface area (Å²) in [5.74, 6) is 2.36. The normalized spacial score (nSPS) is 53.3. The van der Waals surface area contributed by atoms with E-state index in [1.54, 1.807) is 0 Å². The van der Waals surface area contributed by atoms with E-state index in [1.807, 2.05) is 0 Å². The smallest absolute Gasteiger partial charge is 0.150 e. The molecule has 3 heteroatoms. The average Bonchev–Trinajstić information content (AvgIpc) is 2.92. The molecule has 2 aliphatic heterocycles. The first-order valence-electron chi connectivity index (χ1n) is 9.66. The highest BCUT2D eigenvalue weighted by Crippen LogP contribution is 2.62. The SMILES string of the molecule is CC1C(=O)CC(C=O)[C@]2(C)[C@@H]3CC[C@]4(C)CCC[C@H]4[C@@H]3CCN12. The van der Waals surface area contributed by atoms with Gasteiger partial charge in [-0.2, -0.15) is 0 Å². The summed E-state index contributed by atoms with van der Waals surface area (Å²) in [6, 6.07) is -0.00552. The molecule has 4 rings (SSSR count). The zero-order valence-electron chi connectivity index (χ0n) is 14.9. The van der Waals surface area contributed by atoms with Crippen LogP contribution < -0.4 is 0 Å². The van der Waals surface area contributed by atoms with E-state index in [-0.39, 0.29) is 23.3 Å². The van der Waals surface area contributed by atoms with Crippen LogP contribution in [-0.2, 0) is 9.59 Å². The molecule has 0 aromatic rings. The third kappa shape index (κ3) is 1.98. The van der Waals surface area contributed by atoms with Gasteiger partial charge >= 0.3 is 0 Å². The average molecular weight is 317 g/mol. The molecule has 2 heterocycles. The van der Waals surface area contributed by atoms with E-state index in [1.165, 1.54) is 38.5 Å². The first-order chi connectivity index (χ1) is 10.9. The Morgan fingerprint density at radius 2 is 1.91 bits per heavy atom. The van der Waals surface area contributed by atoms with Crippen molar-refractivity contribution in [3.05, 3.63) is 0 Å². The molecule has 0 aromatic carbocycles. The van der Waals surface area contributed by atoms with E-state index in [9.17, 15) is 9.59 Å². The second kappa shape index (κ2) is 5.15. The number of aldehydes is 1. The minimum Gasteiger partial charge on any atom is -0.303 e. The number of hydrogen-bond donors (Lipinski definition) is 0. The first-order valence-corrected chi connectivity index (χ1v) is 9.66. The molecule has 128 valence electrons. The summed E-state index contributed by atoms with van der Waals surface area (Å²) in [7, 11) is 0. The summed E-state index contributed by atoms with van der Waals surface area (Å²) in [5.41, 5.74) is 0.453. The van der Waals surface area contributed by atoms with Gasteiger partial charge in [0.2, 0.25) is 0 Å². The molecule has 0 radical (unpaired) electrons. The van der Waals surface area contributed by atoms with Crippen LogP contribution in [0.3, 0.4) is 0 Å². The van der Waals surface area contributed by atoms with E-state index < -0.39 is 0 Å². The van der Waals surface area contributed by atoms with Crippen molar-refractivity contribution in [1.82, 2.24) is 4.90 Å². The van der Waals surface area contributed by atoms with Crippen molar-refractivity contribution in [2.45, 2.75) is 77.3 Å². The second-order valence-corrected chi connectivity index (χ2v) is 9.26. The molecule has 4 aliphatic rings. The molecule has 7 atom stereocenters. The first kappa shape index (κ1) is 15.8. The Kier molecular flexibility index (Phi) is 3.54. The predicted octanol–water partition coefficient (Wildman–Crippen LogP) is 3.46. The molecule has 0 aromatic heterocycles. The van der Waals surface area contributed by atoms with Gasteiger partial charge < -0.3 is 4.79 Å². The highest BCUT2D eigenvalue weighted by Gasteiger charge is 2.61. The minimum atomic E-state index is -0.107. The minimum absolute atomic E-state index is 0.00552. The highest BCUT2D eigenvalue weighted by molar-refractivity contribution is 5.87. The van der Waals surface area contributed by atoms with Crippen LogP contribution in [0.2, 0.25) is 0 Å². The molecule has 0 amide bonds. The maximum atomic E-state index is 12.4. The maximum absolute atomic E-state index is 12.4. The van der Waals surface area contributed by atoms with Crippen LogP contribution in [0.25, 0.3) is 0 Å². The molecule has 2 unspecified atom stereocenters. The van der Waals surface area contributed by atoms with Crippen molar-refractivity contribution in [1.29, 1.82) is 0 Å². The number of carbonyl (C=O) groups is 2. The lowest BCUT2D eigenvalue weighted by Crippen LogP contribution is -2.70. The van der Waals surface area contributed by atoms with Crippen LogP contribution in [0.15, 0.2) is 0 Å². The van der Waals surface area contributed by atoms with Gasteiger partial charge in [0.1, 0.15) is 12.1 Å². The zero-order valence-corrected chi connectivity index (χ0v) is 14.9. The van der Waals surface area contributed by atoms with Crippen molar-refractivity contribution >= 4 is 12.1 Å². The van der Waals surface area contributed by atoms with Gasteiger partial charge in [-0.05, 0) is 75.7 Å². The Balaban J connectivity index is 1.72. The van der Waals surface area contributed by atoms with Crippen LogP contribution in [-0.4, -0.2) is 35.1 Å². The summed E-state index contributed by atoms with van der Waals surface area (Å²) < 4.78 is 0. The van der Waals surface area contributed by atoms with Gasteiger partial charge in [0.15, 0.2) is 0 Å². The number of ketones is 1. The molecule has 0 bridgehead atoms. The van der Waals surface area contributed by atoms with Gasteiger partial charge in [-0.15, -0.1) is 0 Å². The Morgan fingerprint density at radius 3 is 2.65 bits per heavy atom. The summed E-state index contributed by atoms with van der Waals surface area (Å²) in [6.45, 7) is 7.88. The van der Waals surface area contributed by atoms with E-state index in [4.69, 9.17) is 0 Å². The van der Waals surface area contributed by atoms with E-state index in [0.717, 1.165) is 24.7 Å². The maximum Gasteiger partial charge on any atom is 0.150 e. The van der Waals surface area contributed by atoms with Crippen molar-refractivity contribution in [3.8, 4) is 0 Å². The van der Waals surface area contributed by atoms with Gasteiger partial charge in [0.25, 0.3) is 0 Å². The molecule has 0 N–H and O–H groups in total. The van der Waals surface area contributed by atoms with Gasteiger partial charge in [-0.1, -0.05) is 13.3 Å². The number of fused-ring (bicyclic) bond motifs is 5. The summed E-state index contributed by atoms with van der Waals surface area (Å²) in [5, 5.41) is 0. The molecule has 2 saturated heterocycles. The Labute approximate surface area is 140 Å². The summed E-state index contributed by atoms with van der Waals surface area (Å²) in [6.07, 6.45) is 9.51. The fraction of sp³-hybridized carbons (Fsp3) is 0.900. The third-order valence-electron chi connectivity index (χ3n) is 8.56. The number of piperidine rings is 2. The largest absolute Gasteiger partial charge is 0.303 e. The lowest BCUT2D eigenvalue weighted by molar-refractivity contribution is -0.167. The Morgan fingerprint density at radius 1 is 1.13 bits per heavy atom. The fourth-order valence-electron chi connectivity index (χ4n) is 7.20. The highest BCUT2D eigenvalue weighted by atomic mass is 16.1. The number of rotatable bonds is 1. The quantitative estimate of drug-likeness (QED) is 0.695. The lowest BCUT2D eigenvalue weighted by atomic mass is 9.51. The molecule has 4 fully saturated rings. The van der Waals surface area contributed by atoms with Crippen LogP contribution >= 0.6 is 0 Å². The second-order valence-electron chi connectivity index (χ2n) is 9.26. The van der Waals surface area contributed by atoms with Gasteiger partial charge in [0, 0.05) is 17.9 Å². The molecule has 2 saturated carbocycles. The molecular weight excluding hydrogens is 286 g/mol.